The summed E-state index contributed by atoms with van der Waals surface area (Å²) in [5, 5.41) is 0. The fraction of sp³-hybridized carbons (Fsp3) is 1.00. The molecular formula is C8H19NO2. The topological polar surface area (TPSA) is 44.5 Å². The van der Waals surface area contributed by atoms with Crippen molar-refractivity contribution >= 4 is 0 Å². The smallest absolute Gasteiger partial charge is 0.0588 e. The highest BCUT2D eigenvalue weighted by Gasteiger charge is 1.88. The summed E-state index contributed by atoms with van der Waals surface area (Å²) >= 11 is 0. The summed E-state index contributed by atoms with van der Waals surface area (Å²) in [6.07, 6.45) is 3.42. The lowest BCUT2D eigenvalue weighted by molar-refractivity contribution is 0.132. The van der Waals surface area contributed by atoms with Crippen molar-refractivity contribution in [2.75, 3.05) is 33.5 Å². The zero-order chi connectivity index (χ0) is 8.36. The lowest BCUT2D eigenvalue weighted by Gasteiger charge is -2.01. The molecule has 0 aromatic heterocycles. The molecule has 0 aliphatic rings. The summed E-state index contributed by atoms with van der Waals surface area (Å²) in [7, 11) is 1.73. The van der Waals surface area contributed by atoms with Gasteiger partial charge < -0.3 is 15.2 Å². The average molecular weight is 161 g/mol. The van der Waals surface area contributed by atoms with E-state index in [1.807, 2.05) is 0 Å². The first-order valence-electron chi connectivity index (χ1n) is 4.18. The Balaban J connectivity index is 2.69. The molecule has 0 saturated carbocycles. The van der Waals surface area contributed by atoms with Gasteiger partial charge in [0.05, 0.1) is 6.61 Å². The van der Waals surface area contributed by atoms with Crippen LogP contribution in [0.1, 0.15) is 19.3 Å². The van der Waals surface area contributed by atoms with E-state index < -0.39 is 0 Å². The molecule has 0 saturated heterocycles. The van der Waals surface area contributed by atoms with Crippen LogP contribution >= 0.6 is 0 Å². The monoisotopic (exact) mass is 161 g/mol. The van der Waals surface area contributed by atoms with Crippen LogP contribution in [-0.2, 0) is 9.47 Å². The van der Waals surface area contributed by atoms with Crippen molar-refractivity contribution in [2.24, 2.45) is 5.73 Å². The van der Waals surface area contributed by atoms with E-state index >= 15 is 0 Å². The van der Waals surface area contributed by atoms with Gasteiger partial charge in [0.25, 0.3) is 0 Å². The predicted molar refractivity (Wildman–Crippen MR) is 45.6 cm³/mol. The Hall–Kier alpha value is -0.120. The van der Waals surface area contributed by atoms with Crippen LogP contribution in [0.25, 0.3) is 0 Å². The van der Waals surface area contributed by atoms with Gasteiger partial charge in [-0.1, -0.05) is 0 Å². The van der Waals surface area contributed by atoms with Crippen LogP contribution in [-0.4, -0.2) is 33.5 Å². The van der Waals surface area contributed by atoms with Crippen molar-refractivity contribution in [3.8, 4) is 0 Å². The van der Waals surface area contributed by atoms with Gasteiger partial charge >= 0.3 is 0 Å². The summed E-state index contributed by atoms with van der Waals surface area (Å²) in [6, 6.07) is 0. The second kappa shape index (κ2) is 9.88. The molecule has 3 nitrogen and oxygen atoms in total. The average Bonchev–Trinajstić information content (AvgIpc) is 2.03. The molecule has 11 heavy (non-hydrogen) atoms. The SMILES string of the molecule is COCCCCCOCCN. The maximum atomic E-state index is 5.25. The molecule has 68 valence electrons. The number of hydrogen-bond acceptors (Lipinski definition) is 3. The highest BCUT2D eigenvalue weighted by Crippen LogP contribution is 1.95. The van der Waals surface area contributed by atoms with E-state index in [9.17, 15) is 0 Å². The Morgan fingerprint density at radius 3 is 2.36 bits per heavy atom. The lowest BCUT2D eigenvalue weighted by Crippen LogP contribution is -2.08. The number of ether oxygens (including phenoxy) is 2. The van der Waals surface area contributed by atoms with Crippen molar-refractivity contribution in [1.29, 1.82) is 0 Å². The molecule has 0 fully saturated rings. The molecule has 0 rings (SSSR count). The molecule has 0 unspecified atom stereocenters. The Bertz CT molecular complexity index is 61.1. The van der Waals surface area contributed by atoms with Crippen molar-refractivity contribution in [2.45, 2.75) is 19.3 Å². The third kappa shape index (κ3) is 9.88. The quantitative estimate of drug-likeness (QED) is 0.535. The normalized spacial score (nSPS) is 10.4. The van der Waals surface area contributed by atoms with Crippen LogP contribution in [0.2, 0.25) is 0 Å². The number of rotatable bonds is 8. The minimum atomic E-state index is 0.623. The van der Waals surface area contributed by atoms with E-state index in [2.05, 4.69) is 0 Å². The van der Waals surface area contributed by atoms with Crippen molar-refractivity contribution in [3.05, 3.63) is 0 Å². The highest BCUT2D eigenvalue weighted by atomic mass is 16.5. The zero-order valence-corrected chi connectivity index (χ0v) is 7.34. The molecule has 3 heteroatoms. The second-order valence-corrected chi connectivity index (χ2v) is 2.45. The molecule has 0 bridgehead atoms. The second-order valence-electron chi connectivity index (χ2n) is 2.45. The van der Waals surface area contributed by atoms with E-state index in [1.54, 1.807) is 7.11 Å². The van der Waals surface area contributed by atoms with E-state index in [-0.39, 0.29) is 0 Å². The van der Waals surface area contributed by atoms with Crippen molar-refractivity contribution in [3.63, 3.8) is 0 Å². The first kappa shape index (κ1) is 10.9. The maximum Gasteiger partial charge on any atom is 0.0588 e. The Kier molecular flexibility index (Phi) is 9.77. The summed E-state index contributed by atoms with van der Waals surface area (Å²) in [5.74, 6) is 0. The molecule has 0 aliphatic heterocycles. The van der Waals surface area contributed by atoms with Gasteiger partial charge in [-0.3, -0.25) is 0 Å². The van der Waals surface area contributed by atoms with Crippen LogP contribution in [0.15, 0.2) is 0 Å². The molecule has 0 radical (unpaired) electrons. The molecule has 0 atom stereocenters. The van der Waals surface area contributed by atoms with Crippen LogP contribution in [0.5, 0.6) is 0 Å². The molecule has 0 aliphatic carbocycles. The largest absolute Gasteiger partial charge is 0.385 e. The zero-order valence-electron chi connectivity index (χ0n) is 7.34. The Labute approximate surface area is 68.9 Å². The van der Waals surface area contributed by atoms with Gasteiger partial charge in [-0.2, -0.15) is 0 Å². The van der Waals surface area contributed by atoms with Gasteiger partial charge in [0.1, 0.15) is 0 Å². The molecule has 0 spiro atoms. The van der Waals surface area contributed by atoms with Gasteiger partial charge in [-0.25, -0.2) is 0 Å². The van der Waals surface area contributed by atoms with E-state index in [0.717, 1.165) is 26.1 Å². The number of unbranched alkanes of at least 4 members (excludes halogenated alkanes) is 2. The summed E-state index contributed by atoms with van der Waals surface area (Å²) in [4.78, 5) is 0. The predicted octanol–water partition coefficient (Wildman–Crippen LogP) is 0.778. The van der Waals surface area contributed by atoms with Crippen LogP contribution in [0.4, 0.5) is 0 Å². The first-order valence-corrected chi connectivity index (χ1v) is 4.18. The molecule has 0 aromatic rings. The maximum absolute atomic E-state index is 5.25. The van der Waals surface area contributed by atoms with Crippen LogP contribution in [0.3, 0.4) is 0 Å². The van der Waals surface area contributed by atoms with Crippen molar-refractivity contribution < 1.29 is 9.47 Å². The fourth-order valence-electron chi connectivity index (χ4n) is 0.813. The van der Waals surface area contributed by atoms with Gasteiger partial charge in [0, 0.05) is 26.9 Å². The molecule has 0 amide bonds. The highest BCUT2D eigenvalue weighted by molar-refractivity contribution is 4.40. The molecule has 2 N–H and O–H groups in total. The molecule has 0 heterocycles. The van der Waals surface area contributed by atoms with E-state index in [1.165, 1.54) is 6.42 Å². The summed E-state index contributed by atoms with van der Waals surface area (Å²) in [5.41, 5.74) is 5.25. The standard InChI is InChI=1S/C8H19NO2/c1-10-6-3-2-4-7-11-8-5-9/h2-9H2,1H3. The fourth-order valence-corrected chi connectivity index (χ4v) is 0.813. The number of hydrogen-bond donors (Lipinski definition) is 1. The third-order valence-corrected chi connectivity index (χ3v) is 1.40. The van der Waals surface area contributed by atoms with Gasteiger partial charge in [0.15, 0.2) is 0 Å². The minimum absolute atomic E-state index is 0.623. The van der Waals surface area contributed by atoms with Gasteiger partial charge in [0.2, 0.25) is 0 Å². The summed E-state index contributed by atoms with van der Waals surface area (Å²) in [6.45, 7) is 3.00. The van der Waals surface area contributed by atoms with Crippen LogP contribution in [0, 0.1) is 0 Å². The first-order chi connectivity index (χ1) is 5.41. The van der Waals surface area contributed by atoms with Gasteiger partial charge in [-0.05, 0) is 19.3 Å². The lowest BCUT2D eigenvalue weighted by atomic mass is 10.2. The number of methoxy groups -OCH3 is 1. The number of nitrogens with two attached hydrogens (primary N) is 1. The van der Waals surface area contributed by atoms with E-state index in [4.69, 9.17) is 15.2 Å². The minimum Gasteiger partial charge on any atom is -0.385 e. The Morgan fingerprint density at radius 1 is 1.00 bits per heavy atom. The third-order valence-electron chi connectivity index (χ3n) is 1.40. The van der Waals surface area contributed by atoms with Gasteiger partial charge in [-0.15, -0.1) is 0 Å². The summed E-state index contributed by atoms with van der Waals surface area (Å²) < 4.78 is 10.1. The molecule has 0 aromatic carbocycles. The van der Waals surface area contributed by atoms with Crippen LogP contribution < -0.4 is 5.73 Å². The Morgan fingerprint density at radius 2 is 1.73 bits per heavy atom. The van der Waals surface area contributed by atoms with E-state index in [0.29, 0.717) is 13.2 Å². The van der Waals surface area contributed by atoms with Crippen molar-refractivity contribution in [1.82, 2.24) is 0 Å². The molecular weight excluding hydrogens is 142 g/mol.